The summed E-state index contributed by atoms with van der Waals surface area (Å²) in [4.78, 5) is 12.0. The fraction of sp³-hybridized carbons (Fsp3) is 0.345. The maximum Gasteiger partial charge on any atom is 0.224 e. The zero-order valence-electron chi connectivity index (χ0n) is 20.0. The van der Waals surface area contributed by atoms with Gasteiger partial charge in [-0.3, -0.25) is 4.79 Å². The number of ether oxygens (including phenoxy) is 1. The van der Waals surface area contributed by atoms with E-state index in [4.69, 9.17) is 4.74 Å². The van der Waals surface area contributed by atoms with Crippen molar-refractivity contribution in [3.05, 3.63) is 94.0 Å². The minimum absolute atomic E-state index is 0.0757. The summed E-state index contributed by atoms with van der Waals surface area (Å²) in [6.07, 6.45) is 2.27. The summed E-state index contributed by atoms with van der Waals surface area (Å²) >= 11 is 0. The highest BCUT2D eigenvalue weighted by atomic mass is 16.5. The Labute approximate surface area is 192 Å². The topological polar surface area (TPSA) is 38.3 Å². The molecule has 0 aliphatic carbocycles. The molecule has 0 saturated heterocycles. The summed E-state index contributed by atoms with van der Waals surface area (Å²) in [6, 6.07) is 21.0. The number of hydrogen-bond donors (Lipinski definition) is 1. The van der Waals surface area contributed by atoms with Gasteiger partial charge in [-0.2, -0.15) is 0 Å². The molecule has 0 spiro atoms. The van der Waals surface area contributed by atoms with Crippen molar-refractivity contribution in [3.8, 4) is 5.75 Å². The standard InChI is InChI=1S/C29H35NO2/c1-6-10-29(31)30-25-15-21(4)27(22(5)16-25)18-24-13-14-28(26(17-24)20(2)3)32-19-23-11-8-7-9-12-23/h7-9,11-17,20H,6,10,18-19H2,1-5H3,(H,30,31). The summed E-state index contributed by atoms with van der Waals surface area (Å²) in [5.41, 5.74) is 8.27. The third-order valence-electron chi connectivity index (χ3n) is 5.77. The van der Waals surface area contributed by atoms with Gasteiger partial charge < -0.3 is 10.1 Å². The van der Waals surface area contributed by atoms with Crippen molar-refractivity contribution in [2.24, 2.45) is 0 Å². The van der Waals surface area contributed by atoms with Crippen molar-refractivity contribution < 1.29 is 9.53 Å². The lowest BCUT2D eigenvalue weighted by Crippen LogP contribution is -2.11. The van der Waals surface area contributed by atoms with E-state index >= 15 is 0 Å². The van der Waals surface area contributed by atoms with Crippen LogP contribution in [0.4, 0.5) is 5.69 Å². The molecule has 3 heteroatoms. The minimum atomic E-state index is 0.0757. The Morgan fingerprint density at radius 3 is 2.25 bits per heavy atom. The average molecular weight is 430 g/mol. The number of anilines is 1. The quantitative estimate of drug-likeness (QED) is 0.386. The smallest absolute Gasteiger partial charge is 0.224 e. The Morgan fingerprint density at radius 2 is 1.62 bits per heavy atom. The maximum absolute atomic E-state index is 12.0. The van der Waals surface area contributed by atoms with Gasteiger partial charge in [0.15, 0.2) is 0 Å². The molecule has 3 nitrogen and oxygen atoms in total. The highest BCUT2D eigenvalue weighted by Crippen LogP contribution is 2.30. The van der Waals surface area contributed by atoms with E-state index in [1.807, 2.05) is 25.1 Å². The van der Waals surface area contributed by atoms with E-state index in [1.165, 1.54) is 33.4 Å². The lowest BCUT2D eigenvalue weighted by molar-refractivity contribution is -0.116. The van der Waals surface area contributed by atoms with Gasteiger partial charge in [0.25, 0.3) is 0 Å². The van der Waals surface area contributed by atoms with Gasteiger partial charge >= 0.3 is 0 Å². The molecule has 0 fully saturated rings. The second-order valence-corrected chi connectivity index (χ2v) is 8.86. The second-order valence-electron chi connectivity index (χ2n) is 8.86. The van der Waals surface area contributed by atoms with Crippen molar-refractivity contribution in [1.29, 1.82) is 0 Å². The van der Waals surface area contributed by atoms with Crippen LogP contribution in [0.15, 0.2) is 60.7 Å². The first-order valence-corrected chi connectivity index (χ1v) is 11.6. The lowest BCUT2D eigenvalue weighted by atomic mass is 9.92. The van der Waals surface area contributed by atoms with Crippen LogP contribution in [0.5, 0.6) is 5.75 Å². The molecule has 3 aromatic rings. The van der Waals surface area contributed by atoms with Crippen LogP contribution < -0.4 is 10.1 Å². The molecule has 168 valence electrons. The molecule has 0 aliphatic heterocycles. The molecule has 0 unspecified atom stereocenters. The van der Waals surface area contributed by atoms with Gasteiger partial charge in [-0.1, -0.05) is 63.2 Å². The van der Waals surface area contributed by atoms with Crippen LogP contribution in [0.25, 0.3) is 0 Å². The molecule has 0 aliphatic rings. The van der Waals surface area contributed by atoms with Crippen LogP contribution in [-0.4, -0.2) is 5.91 Å². The summed E-state index contributed by atoms with van der Waals surface area (Å²) < 4.78 is 6.17. The Hall–Kier alpha value is -3.07. The number of aryl methyl sites for hydroxylation is 2. The van der Waals surface area contributed by atoms with E-state index in [0.29, 0.717) is 18.9 Å². The summed E-state index contributed by atoms with van der Waals surface area (Å²) in [5, 5.41) is 3.02. The molecule has 32 heavy (non-hydrogen) atoms. The van der Waals surface area contributed by atoms with Gasteiger partial charge in [0.2, 0.25) is 5.91 Å². The summed E-state index contributed by atoms with van der Waals surface area (Å²) in [6.45, 7) is 11.3. The van der Waals surface area contributed by atoms with Gasteiger partial charge in [0.1, 0.15) is 12.4 Å². The maximum atomic E-state index is 12.0. The van der Waals surface area contributed by atoms with E-state index in [1.54, 1.807) is 0 Å². The van der Waals surface area contributed by atoms with Crippen molar-refractivity contribution in [2.45, 2.75) is 66.4 Å². The van der Waals surface area contributed by atoms with Gasteiger partial charge in [0.05, 0.1) is 0 Å². The van der Waals surface area contributed by atoms with Crippen LogP contribution in [0, 0.1) is 13.8 Å². The van der Waals surface area contributed by atoms with Gasteiger partial charge in [0, 0.05) is 12.1 Å². The number of benzene rings is 3. The first-order valence-electron chi connectivity index (χ1n) is 11.6. The van der Waals surface area contributed by atoms with Crippen LogP contribution in [0.2, 0.25) is 0 Å². The van der Waals surface area contributed by atoms with Gasteiger partial charge in [-0.25, -0.2) is 0 Å². The van der Waals surface area contributed by atoms with Crippen molar-refractivity contribution in [1.82, 2.24) is 0 Å². The normalized spacial score (nSPS) is 10.9. The Balaban J connectivity index is 1.78. The number of nitrogens with one attached hydrogen (secondary N) is 1. The fourth-order valence-corrected chi connectivity index (χ4v) is 4.02. The van der Waals surface area contributed by atoms with E-state index in [0.717, 1.165) is 24.3 Å². The zero-order chi connectivity index (χ0) is 23.1. The number of carbonyl (C=O) groups is 1. The molecule has 0 saturated carbocycles. The zero-order valence-corrected chi connectivity index (χ0v) is 20.0. The predicted molar refractivity (Wildman–Crippen MR) is 134 cm³/mol. The Bertz CT molecular complexity index is 1030. The number of carbonyl (C=O) groups excluding carboxylic acids is 1. The Kier molecular flexibility index (Phi) is 8.10. The first kappa shape index (κ1) is 23.6. The predicted octanol–water partition coefficient (Wildman–Crippen LogP) is 7.34. The molecule has 0 radical (unpaired) electrons. The van der Waals surface area contributed by atoms with Gasteiger partial charge in [-0.05, 0) is 84.2 Å². The Morgan fingerprint density at radius 1 is 0.938 bits per heavy atom. The molecule has 0 atom stereocenters. The minimum Gasteiger partial charge on any atom is -0.489 e. The molecule has 0 bridgehead atoms. The van der Waals surface area contributed by atoms with Crippen molar-refractivity contribution in [3.63, 3.8) is 0 Å². The van der Waals surface area contributed by atoms with Crippen molar-refractivity contribution in [2.75, 3.05) is 5.32 Å². The molecule has 3 rings (SSSR count). The van der Waals surface area contributed by atoms with Crippen LogP contribution in [-0.2, 0) is 17.8 Å². The van der Waals surface area contributed by atoms with Crippen LogP contribution in [0.3, 0.4) is 0 Å². The van der Waals surface area contributed by atoms with E-state index < -0.39 is 0 Å². The molecule has 0 heterocycles. The van der Waals surface area contributed by atoms with Crippen LogP contribution >= 0.6 is 0 Å². The molecule has 0 aromatic heterocycles. The summed E-state index contributed by atoms with van der Waals surface area (Å²) in [7, 11) is 0. The largest absolute Gasteiger partial charge is 0.489 e. The van der Waals surface area contributed by atoms with E-state index in [-0.39, 0.29) is 5.91 Å². The molecular formula is C29H35NO2. The molecule has 1 N–H and O–H groups in total. The molecular weight excluding hydrogens is 394 g/mol. The van der Waals surface area contributed by atoms with E-state index in [2.05, 4.69) is 75.5 Å². The van der Waals surface area contributed by atoms with Crippen molar-refractivity contribution >= 4 is 11.6 Å². The lowest BCUT2D eigenvalue weighted by Gasteiger charge is -2.18. The number of amides is 1. The summed E-state index contributed by atoms with van der Waals surface area (Å²) in [5.74, 6) is 1.40. The third-order valence-corrected chi connectivity index (χ3v) is 5.77. The second kappa shape index (κ2) is 11.0. The van der Waals surface area contributed by atoms with Crippen LogP contribution in [0.1, 0.15) is 72.9 Å². The van der Waals surface area contributed by atoms with E-state index in [9.17, 15) is 4.79 Å². The molecule has 1 amide bonds. The highest BCUT2D eigenvalue weighted by molar-refractivity contribution is 5.90. The first-order chi connectivity index (χ1) is 15.4. The highest BCUT2D eigenvalue weighted by Gasteiger charge is 2.13. The van der Waals surface area contributed by atoms with Gasteiger partial charge in [-0.15, -0.1) is 0 Å². The monoisotopic (exact) mass is 429 g/mol. The molecule has 3 aromatic carbocycles. The number of rotatable bonds is 9. The number of hydrogen-bond acceptors (Lipinski definition) is 2. The third kappa shape index (κ3) is 6.23. The SMILES string of the molecule is CCCC(=O)Nc1cc(C)c(Cc2ccc(OCc3ccccc3)c(C(C)C)c2)c(C)c1. The fourth-order valence-electron chi connectivity index (χ4n) is 4.02. The average Bonchev–Trinajstić information content (AvgIpc) is 2.76.